The first-order valence-corrected chi connectivity index (χ1v) is 6.06. The van der Waals surface area contributed by atoms with E-state index in [2.05, 4.69) is 4.98 Å². The van der Waals surface area contributed by atoms with Gasteiger partial charge in [-0.05, 0) is 32.4 Å². The number of carbonyl (C=O) groups excluding carboxylic acids is 2. The number of aromatic nitrogens is 1. The van der Waals surface area contributed by atoms with Crippen molar-refractivity contribution in [3.8, 4) is 0 Å². The lowest BCUT2D eigenvalue weighted by Gasteiger charge is -2.08. The van der Waals surface area contributed by atoms with Crippen LogP contribution in [0.15, 0.2) is 30.3 Å². The Bertz CT molecular complexity index is 494. The molecular weight excluding hydrogens is 246 g/mol. The molecule has 1 aromatic heterocycles. The minimum absolute atomic E-state index is 0.113. The van der Waals surface area contributed by atoms with E-state index < -0.39 is 11.8 Å². The lowest BCUT2D eigenvalue weighted by atomic mass is 10.0. The highest BCUT2D eigenvalue weighted by Gasteiger charge is 2.23. The van der Waals surface area contributed by atoms with E-state index in [1.54, 1.807) is 33.0 Å². The van der Waals surface area contributed by atoms with Gasteiger partial charge in [0.2, 0.25) is 5.78 Å². The number of aryl methyl sites for hydroxylation is 1. The van der Waals surface area contributed by atoms with Crippen molar-refractivity contribution in [1.82, 2.24) is 4.98 Å². The molecule has 0 aliphatic heterocycles. The number of esters is 1. The monoisotopic (exact) mass is 263 g/mol. The zero-order valence-electron chi connectivity index (χ0n) is 11.3. The number of hydrogen-bond donors (Lipinski definition) is 0. The largest absolute Gasteiger partial charge is 0.500 e. The van der Waals surface area contributed by atoms with Crippen molar-refractivity contribution in [1.29, 1.82) is 0 Å². The molecule has 0 bridgehead atoms. The maximum Gasteiger partial charge on any atom is 0.345 e. The minimum atomic E-state index is -0.683. The van der Waals surface area contributed by atoms with Crippen molar-refractivity contribution in [2.75, 3.05) is 13.2 Å². The van der Waals surface area contributed by atoms with Crippen molar-refractivity contribution < 1.29 is 19.1 Å². The Labute approximate surface area is 112 Å². The number of pyridine rings is 1. The van der Waals surface area contributed by atoms with Gasteiger partial charge < -0.3 is 9.47 Å². The third-order valence-electron chi connectivity index (χ3n) is 2.37. The number of ether oxygens (including phenoxy) is 2. The Morgan fingerprint density at radius 1 is 1.32 bits per heavy atom. The predicted molar refractivity (Wildman–Crippen MR) is 69.6 cm³/mol. The summed E-state index contributed by atoms with van der Waals surface area (Å²) in [6.45, 7) is 5.76. The van der Waals surface area contributed by atoms with Crippen LogP contribution in [-0.2, 0) is 14.3 Å². The second-order valence-corrected chi connectivity index (χ2v) is 3.73. The summed E-state index contributed by atoms with van der Waals surface area (Å²) in [4.78, 5) is 28.0. The molecule has 0 amide bonds. The fourth-order valence-electron chi connectivity index (χ4n) is 1.44. The van der Waals surface area contributed by atoms with Crippen molar-refractivity contribution in [2.24, 2.45) is 0 Å². The van der Waals surface area contributed by atoms with E-state index in [1.807, 2.05) is 0 Å². The number of Topliss-reactive ketones (excluding diaryl/α,β-unsaturated/α-hetero) is 1. The van der Waals surface area contributed by atoms with E-state index in [0.717, 1.165) is 6.26 Å². The predicted octanol–water partition coefficient (Wildman–Crippen LogP) is 2.06. The molecule has 0 aromatic carbocycles. The summed E-state index contributed by atoms with van der Waals surface area (Å²) in [5.41, 5.74) is 0.992. The highest BCUT2D eigenvalue weighted by molar-refractivity contribution is 6.24. The quantitative estimate of drug-likeness (QED) is 0.196. The molecule has 0 atom stereocenters. The van der Waals surface area contributed by atoms with Crippen LogP contribution in [0.5, 0.6) is 0 Å². The van der Waals surface area contributed by atoms with Crippen LogP contribution in [0.4, 0.5) is 0 Å². The molecule has 0 saturated heterocycles. The Hall–Kier alpha value is -2.17. The van der Waals surface area contributed by atoms with Crippen LogP contribution in [0.2, 0.25) is 0 Å². The summed E-state index contributed by atoms with van der Waals surface area (Å²) in [6, 6.07) is 1.57. The molecule has 5 nitrogen and oxygen atoms in total. The van der Waals surface area contributed by atoms with E-state index in [1.165, 1.54) is 6.20 Å². The van der Waals surface area contributed by atoms with Gasteiger partial charge in [-0.3, -0.25) is 9.78 Å². The molecule has 0 fully saturated rings. The second kappa shape index (κ2) is 7.31. The van der Waals surface area contributed by atoms with Gasteiger partial charge in [-0.1, -0.05) is 0 Å². The number of rotatable bonds is 6. The molecule has 0 spiro atoms. The van der Waals surface area contributed by atoms with Crippen LogP contribution in [-0.4, -0.2) is 30.0 Å². The lowest BCUT2D eigenvalue weighted by molar-refractivity contribution is -0.138. The topological polar surface area (TPSA) is 65.5 Å². The van der Waals surface area contributed by atoms with Crippen LogP contribution in [0.1, 0.15) is 29.8 Å². The SMILES string of the molecule is CCO/C=C(\C(=O)OCC)C(=O)c1ccncc1C. The summed E-state index contributed by atoms with van der Waals surface area (Å²) in [6.07, 6.45) is 4.22. The van der Waals surface area contributed by atoms with Gasteiger partial charge in [0, 0.05) is 18.0 Å². The Morgan fingerprint density at radius 2 is 2.05 bits per heavy atom. The molecule has 0 N–H and O–H groups in total. The van der Waals surface area contributed by atoms with Gasteiger partial charge in [0.1, 0.15) is 11.8 Å². The highest BCUT2D eigenvalue weighted by Crippen LogP contribution is 2.13. The molecule has 19 heavy (non-hydrogen) atoms. The second-order valence-electron chi connectivity index (χ2n) is 3.73. The third kappa shape index (κ3) is 3.91. The van der Waals surface area contributed by atoms with Gasteiger partial charge >= 0.3 is 5.97 Å². The molecule has 5 heteroatoms. The summed E-state index contributed by atoms with van der Waals surface area (Å²) in [7, 11) is 0. The first kappa shape index (κ1) is 14.9. The van der Waals surface area contributed by atoms with Crippen molar-refractivity contribution >= 4 is 11.8 Å². The molecule has 102 valence electrons. The normalized spacial score (nSPS) is 11.0. The summed E-state index contributed by atoms with van der Waals surface area (Å²) >= 11 is 0. The van der Waals surface area contributed by atoms with Gasteiger partial charge in [0.15, 0.2) is 0 Å². The van der Waals surface area contributed by atoms with Gasteiger partial charge in [0.05, 0.1) is 13.2 Å². The average Bonchev–Trinajstić information content (AvgIpc) is 2.39. The summed E-state index contributed by atoms with van der Waals surface area (Å²) in [5, 5.41) is 0. The van der Waals surface area contributed by atoms with Crippen molar-refractivity contribution in [2.45, 2.75) is 20.8 Å². The van der Waals surface area contributed by atoms with Gasteiger partial charge in [0.25, 0.3) is 0 Å². The highest BCUT2D eigenvalue weighted by atomic mass is 16.5. The molecule has 0 unspecified atom stereocenters. The van der Waals surface area contributed by atoms with Gasteiger partial charge in [-0.2, -0.15) is 0 Å². The third-order valence-corrected chi connectivity index (χ3v) is 2.37. The number of carbonyl (C=O) groups is 2. The zero-order valence-corrected chi connectivity index (χ0v) is 11.3. The molecular formula is C14H17NO4. The smallest absolute Gasteiger partial charge is 0.345 e. The zero-order chi connectivity index (χ0) is 14.3. The fraction of sp³-hybridized carbons (Fsp3) is 0.357. The van der Waals surface area contributed by atoms with Gasteiger partial charge in [-0.25, -0.2) is 4.79 Å². The average molecular weight is 263 g/mol. The van der Waals surface area contributed by atoms with E-state index in [9.17, 15) is 9.59 Å². The Kier molecular flexibility index (Phi) is 5.73. The number of ketones is 1. The standard InChI is InChI=1S/C14H17NO4/c1-4-18-9-12(14(17)19-5-2)13(16)11-6-7-15-8-10(11)3/h6-9H,4-5H2,1-3H3/b12-9-. The number of hydrogen-bond acceptors (Lipinski definition) is 5. The Balaban J connectivity index is 3.08. The molecule has 1 aromatic rings. The van der Waals surface area contributed by atoms with Crippen molar-refractivity contribution in [3.05, 3.63) is 41.4 Å². The number of nitrogens with zero attached hydrogens (tertiary/aromatic N) is 1. The molecule has 0 aliphatic carbocycles. The Morgan fingerprint density at radius 3 is 2.63 bits per heavy atom. The first-order valence-electron chi connectivity index (χ1n) is 6.06. The van der Waals surface area contributed by atoms with Crippen LogP contribution in [0.25, 0.3) is 0 Å². The van der Waals surface area contributed by atoms with E-state index in [0.29, 0.717) is 17.7 Å². The van der Waals surface area contributed by atoms with E-state index >= 15 is 0 Å². The van der Waals surface area contributed by atoms with E-state index in [4.69, 9.17) is 9.47 Å². The van der Waals surface area contributed by atoms with Crippen LogP contribution < -0.4 is 0 Å². The molecule has 1 rings (SSSR count). The first-order chi connectivity index (χ1) is 9.11. The molecule has 0 saturated carbocycles. The lowest BCUT2D eigenvalue weighted by Crippen LogP contribution is -2.17. The maximum absolute atomic E-state index is 12.3. The molecule has 1 heterocycles. The van der Waals surface area contributed by atoms with Crippen LogP contribution in [0.3, 0.4) is 0 Å². The molecule has 0 aliphatic rings. The van der Waals surface area contributed by atoms with Crippen molar-refractivity contribution in [3.63, 3.8) is 0 Å². The van der Waals surface area contributed by atoms with Crippen LogP contribution in [0, 0.1) is 6.92 Å². The fourth-order valence-corrected chi connectivity index (χ4v) is 1.44. The summed E-state index contributed by atoms with van der Waals surface area (Å²) in [5.74, 6) is -1.11. The van der Waals surface area contributed by atoms with E-state index in [-0.39, 0.29) is 12.2 Å². The molecule has 0 radical (unpaired) electrons. The van der Waals surface area contributed by atoms with Gasteiger partial charge in [-0.15, -0.1) is 0 Å². The maximum atomic E-state index is 12.3. The summed E-state index contributed by atoms with van der Waals surface area (Å²) < 4.78 is 9.91. The van der Waals surface area contributed by atoms with Crippen LogP contribution >= 0.6 is 0 Å². The minimum Gasteiger partial charge on any atom is -0.500 e.